The Kier molecular flexibility index (Phi) is 4.13. The number of piperazine rings is 1. The van der Waals surface area contributed by atoms with E-state index in [0.717, 1.165) is 42.0 Å². The molecule has 154 valence electrons. The van der Waals surface area contributed by atoms with Gasteiger partial charge in [-0.1, -0.05) is 35.6 Å². The van der Waals surface area contributed by atoms with Crippen LogP contribution in [0.3, 0.4) is 0 Å². The van der Waals surface area contributed by atoms with Crippen molar-refractivity contribution >= 4 is 27.5 Å². The van der Waals surface area contributed by atoms with Crippen molar-refractivity contribution in [3.63, 3.8) is 0 Å². The molecule has 1 amide bonds. The number of carbonyl (C=O) groups is 1. The number of hydrogen-bond donors (Lipinski definition) is 1. The molecule has 2 aliphatic heterocycles. The Labute approximate surface area is 178 Å². The third-order valence-corrected chi connectivity index (χ3v) is 7.44. The third-order valence-electron chi connectivity index (χ3n) is 6.53. The van der Waals surface area contributed by atoms with Gasteiger partial charge in [-0.15, -0.1) is 0 Å². The summed E-state index contributed by atoms with van der Waals surface area (Å²) in [6.07, 6.45) is 2.25. The van der Waals surface area contributed by atoms with Gasteiger partial charge in [-0.05, 0) is 49.1 Å². The van der Waals surface area contributed by atoms with Gasteiger partial charge >= 0.3 is 0 Å². The van der Waals surface area contributed by atoms with Crippen LogP contribution in [0.25, 0.3) is 10.2 Å². The lowest BCUT2D eigenvalue weighted by molar-refractivity contribution is -0.144. The van der Waals surface area contributed by atoms with Gasteiger partial charge in [-0.25, -0.2) is 4.98 Å². The molecule has 2 atom stereocenters. The highest BCUT2D eigenvalue weighted by molar-refractivity contribution is 7.20. The monoisotopic (exact) mass is 421 g/mol. The van der Waals surface area contributed by atoms with Gasteiger partial charge in [-0.2, -0.15) is 0 Å². The van der Waals surface area contributed by atoms with Crippen molar-refractivity contribution in [2.45, 2.75) is 43.5 Å². The highest BCUT2D eigenvalue weighted by atomic mass is 32.1. The van der Waals surface area contributed by atoms with Crippen molar-refractivity contribution in [3.8, 4) is 10.9 Å². The van der Waals surface area contributed by atoms with E-state index in [2.05, 4.69) is 22.0 Å². The molecule has 0 unspecified atom stereocenters. The number of nitrogens with zero attached hydrogens (tertiary/aromatic N) is 3. The molecule has 1 aliphatic carbocycles. The Morgan fingerprint density at radius 3 is 2.63 bits per heavy atom. The molecular weight excluding hydrogens is 398 g/mol. The predicted molar refractivity (Wildman–Crippen MR) is 115 cm³/mol. The molecule has 1 aromatic heterocycles. The molecule has 3 aliphatic rings. The lowest BCUT2D eigenvalue weighted by Gasteiger charge is -2.35. The van der Waals surface area contributed by atoms with Crippen LogP contribution in [-0.4, -0.2) is 56.6 Å². The van der Waals surface area contributed by atoms with Crippen LogP contribution >= 0.6 is 11.3 Å². The summed E-state index contributed by atoms with van der Waals surface area (Å²) in [6, 6.07) is 16.9. The second-order valence-corrected chi connectivity index (χ2v) is 9.65. The zero-order valence-corrected chi connectivity index (χ0v) is 17.3. The molecule has 1 saturated carbocycles. The molecule has 2 bridgehead atoms. The number of hydrogen-bond acceptors (Lipinski definition) is 6. The fourth-order valence-electron chi connectivity index (χ4n) is 4.68. The Balaban J connectivity index is 1.08. The van der Waals surface area contributed by atoms with Gasteiger partial charge < -0.3 is 14.7 Å². The maximum absolute atomic E-state index is 12.5. The Bertz CT molecular complexity index is 1080. The Hall–Kier alpha value is -2.48. The number of aromatic nitrogens is 1. The van der Waals surface area contributed by atoms with Crippen LogP contribution < -0.4 is 4.74 Å². The molecule has 0 spiro atoms. The quantitative estimate of drug-likeness (QED) is 0.684. The van der Waals surface area contributed by atoms with Crippen molar-refractivity contribution in [2.75, 3.05) is 13.1 Å². The van der Waals surface area contributed by atoms with Gasteiger partial charge in [0.15, 0.2) is 0 Å². The summed E-state index contributed by atoms with van der Waals surface area (Å²) in [4.78, 5) is 21.4. The molecule has 3 aromatic rings. The lowest BCUT2D eigenvalue weighted by atomic mass is 10.1. The molecule has 3 heterocycles. The van der Waals surface area contributed by atoms with E-state index in [9.17, 15) is 9.90 Å². The summed E-state index contributed by atoms with van der Waals surface area (Å²) in [7, 11) is 0. The maximum Gasteiger partial charge on any atom is 0.279 e. The molecule has 3 fully saturated rings. The summed E-state index contributed by atoms with van der Waals surface area (Å²) in [5.74, 6) is 0.737. The number of para-hydroxylation sites is 1. The van der Waals surface area contributed by atoms with Crippen molar-refractivity contribution in [3.05, 3.63) is 54.1 Å². The van der Waals surface area contributed by atoms with E-state index in [1.54, 1.807) is 11.3 Å². The zero-order valence-electron chi connectivity index (χ0n) is 16.5. The van der Waals surface area contributed by atoms with Gasteiger partial charge in [0, 0.05) is 31.7 Å². The molecule has 6 rings (SSSR count). The van der Waals surface area contributed by atoms with E-state index >= 15 is 0 Å². The van der Waals surface area contributed by atoms with Crippen LogP contribution in [0.2, 0.25) is 0 Å². The molecule has 2 aromatic carbocycles. The number of benzene rings is 2. The lowest BCUT2D eigenvalue weighted by Crippen LogP contribution is -2.51. The van der Waals surface area contributed by atoms with Crippen LogP contribution in [0.4, 0.5) is 0 Å². The summed E-state index contributed by atoms with van der Waals surface area (Å²) < 4.78 is 7.06. The van der Waals surface area contributed by atoms with E-state index in [1.807, 2.05) is 41.3 Å². The minimum atomic E-state index is -1.05. The van der Waals surface area contributed by atoms with Gasteiger partial charge in [-0.3, -0.25) is 9.69 Å². The molecule has 30 heavy (non-hydrogen) atoms. The topological polar surface area (TPSA) is 65.9 Å². The molecule has 1 N–H and O–H groups in total. The van der Waals surface area contributed by atoms with Crippen molar-refractivity contribution in [2.24, 2.45) is 0 Å². The van der Waals surface area contributed by atoms with E-state index in [4.69, 9.17) is 4.74 Å². The number of likely N-dealkylation sites (tertiary alicyclic amines) is 2. The number of fused-ring (bicyclic) bond motifs is 3. The van der Waals surface area contributed by atoms with Gasteiger partial charge in [0.05, 0.1) is 10.2 Å². The highest BCUT2D eigenvalue weighted by Gasteiger charge is 2.55. The number of ether oxygens (including phenoxy) is 1. The Morgan fingerprint density at radius 1 is 1.13 bits per heavy atom. The largest absolute Gasteiger partial charge is 0.431 e. The van der Waals surface area contributed by atoms with Gasteiger partial charge in [0.1, 0.15) is 11.4 Å². The summed E-state index contributed by atoms with van der Waals surface area (Å²) in [6.45, 7) is 2.50. The predicted octanol–water partition coefficient (Wildman–Crippen LogP) is 3.40. The number of amides is 1. The van der Waals surface area contributed by atoms with Crippen LogP contribution in [0, 0.1) is 0 Å². The molecule has 6 nitrogen and oxygen atoms in total. The fraction of sp³-hybridized carbons (Fsp3) is 0.391. The van der Waals surface area contributed by atoms with E-state index in [-0.39, 0.29) is 11.9 Å². The van der Waals surface area contributed by atoms with Crippen LogP contribution in [0.1, 0.15) is 24.8 Å². The minimum Gasteiger partial charge on any atom is -0.431 e. The van der Waals surface area contributed by atoms with Crippen LogP contribution in [0.5, 0.6) is 10.9 Å². The molecular formula is C23H23N3O3S. The number of rotatable bonds is 5. The zero-order chi connectivity index (χ0) is 20.3. The van der Waals surface area contributed by atoms with Gasteiger partial charge in [0.2, 0.25) is 0 Å². The summed E-state index contributed by atoms with van der Waals surface area (Å²) >= 11 is 1.55. The first-order valence-electron chi connectivity index (χ1n) is 10.5. The minimum absolute atomic E-state index is 0.0500. The average Bonchev–Trinajstić information content (AvgIpc) is 3.09. The van der Waals surface area contributed by atoms with Crippen LogP contribution in [-0.2, 0) is 11.3 Å². The van der Waals surface area contributed by atoms with E-state index in [0.29, 0.717) is 24.1 Å². The highest BCUT2D eigenvalue weighted by Crippen LogP contribution is 2.41. The standard InChI is InChI=1S/C23H23N3O3S/c27-21(23(28)9-10-23)26-14-16-11-17(26)13-25(16)12-15-5-7-18(8-6-15)29-22-24-19-3-1-2-4-20(19)30-22/h1-8,16-17,28H,9-14H2/t16-,17-/m1/s1. The van der Waals surface area contributed by atoms with Crippen molar-refractivity contribution < 1.29 is 14.6 Å². The van der Waals surface area contributed by atoms with Gasteiger partial charge in [0.25, 0.3) is 11.1 Å². The SMILES string of the molecule is O=C(N1C[C@H]2C[C@@H]1CN2Cc1ccc(Oc2nc3ccccc3s2)cc1)C1(O)CC1. The number of thiazole rings is 1. The van der Waals surface area contributed by atoms with Crippen molar-refractivity contribution in [1.29, 1.82) is 0 Å². The average molecular weight is 422 g/mol. The van der Waals surface area contributed by atoms with E-state index < -0.39 is 5.60 Å². The summed E-state index contributed by atoms with van der Waals surface area (Å²) in [5.41, 5.74) is 1.14. The first kappa shape index (κ1) is 18.3. The maximum atomic E-state index is 12.5. The third kappa shape index (κ3) is 3.17. The Morgan fingerprint density at radius 2 is 1.93 bits per heavy atom. The first-order chi connectivity index (χ1) is 14.6. The molecule has 0 radical (unpaired) electrons. The normalized spacial score (nSPS) is 24.5. The smallest absolute Gasteiger partial charge is 0.279 e. The number of carbonyl (C=O) groups excluding carboxylic acids is 1. The molecule has 2 saturated heterocycles. The second kappa shape index (κ2) is 6.77. The number of aliphatic hydroxyl groups is 1. The van der Waals surface area contributed by atoms with Crippen LogP contribution in [0.15, 0.2) is 48.5 Å². The second-order valence-electron chi connectivity index (χ2n) is 8.66. The fourth-order valence-corrected chi connectivity index (χ4v) is 5.52. The van der Waals surface area contributed by atoms with Crippen molar-refractivity contribution in [1.82, 2.24) is 14.8 Å². The summed E-state index contributed by atoms with van der Waals surface area (Å²) in [5, 5.41) is 10.8. The first-order valence-corrected chi connectivity index (χ1v) is 11.3. The van der Waals surface area contributed by atoms with E-state index in [1.165, 1.54) is 5.56 Å². The molecule has 7 heteroatoms.